The van der Waals surface area contributed by atoms with Crippen molar-refractivity contribution < 1.29 is 32.3 Å². The van der Waals surface area contributed by atoms with E-state index in [1.807, 2.05) is 12.2 Å². The number of ether oxygens (including phenoxy) is 1. The van der Waals surface area contributed by atoms with Gasteiger partial charge in [0.1, 0.15) is 23.2 Å². The summed E-state index contributed by atoms with van der Waals surface area (Å²) in [4.78, 5) is 54.2. The fraction of sp³-hybridized carbons (Fsp3) is 0.769. The van der Waals surface area contributed by atoms with Gasteiger partial charge in [0.15, 0.2) is 0 Å². The number of hydrogen-bond donors (Lipinski definition) is 3. The predicted octanol–water partition coefficient (Wildman–Crippen LogP) is 2.12. The Balaban J connectivity index is 1.83. The van der Waals surface area contributed by atoms with Crippen LogP contribution in [-0.4, -0.2) is 72.7 Å². The molecule has 2 aliphatic heterocycles. The van der Waals surface area contributed by atoms with Crippen molar-refractivity contribution >= 4 is 33.8 Å². The number of hydrogen-bond acceptors (Lipinski definition) is 7. The number of rotatable bonds is 5. The fourth-order valence-electron chi connectivity index (χ4n) is 5.10. The van der Waals surface area contributed by atoms with Gasteiger partial charge in [-0.3, -0.25) is 19.1 Å². The summed E-state index contributed by atoms with van der Waals surface area (Å²) in [6, 6.07) is -1.67. The molecule has 4 atom stereocenters. The van der Waals surface area contributed by atoms with Crippen molar-refractivity contribution in [1.29, 1.82) is 0 Å². The zero-order valence-corrected chi connectivity index (χ0v) is 23.7. The molecule has 1 saturated carbocycles. The van der Waals surface area contributed by atoms with Crippen molar-refractivity contribution in [3.8, 4) is 0 Å². The van der Waals surface area contributed by atoms with Crippen LogP contribution in [0.2, 0.25) is 0 Å². The maximum Gasteiger partial charge on any atom is 0.408 e. The molecule has 0 unspecified atom stereocenters. The number of alkyl carbamates (subject to hydrolysis) is 1. The molecule has 214 valence electrons. The summed E-state index contributed by atoms with van der Waals surface area (Å²) >= 11 is 0. The first-order chi connectivity index (χ1) is 17.8. The van der Waals surface area contributed by atoms with Crippen LogP contribution in [0.5, 0.6) is 0 Å². The third kappa shape index (κ3) is 7.70. The van der Waals surface area contributed by atoms with Crippen molar-refractivity contribution in [2.75, 3.05) is 12.3 Å². The quantitative estimate of drug-likeness (QED) is 0.440. The molecule has 11 nitrogen and oxygen atoms in total. The second-order valence-corrected chi connectivity index (χ2v) is 13.3. The zero-order chi connectivity index (χ0) is 28.1. The van der Waals surface area contributed by atoms with Gasteiger partial charge in [-0.1, -0.05) is 31.9 Å². The third-order valence-corrected chi connectivity index (χ3v) is 8.49. The van der Waals surface area contributed by atoms with Crippen LogP contribution < -0.4 is 15.4 Å². The van der Waals surface area contributed by atoms with Crippen LogP contribution in [0.4, 0.5) is 4.79 Å². The Bertz CT molecular complexity index is 1050. The number of amides is 4. The molecule has 0 bridgehead atoms. The molecule has 3 N–H and O–H groups in total. The molecule has 2 heterocycles. The number of sulfonamides is 1. The Kier molecular flexibility index (Phi) is 9.48. The van der Waals surface area contributed by atoms with Crippen LogP contribution in [0.3, 0.4) is 0 Å². The van der Waals surface area contributed by atoms with Crippen molar-refractivity contribution in [2.24, 2.45) is 5.92 Å². The summed E-state index contributed by atoms with van der Waals surface area (Å²) in [5.41, 5.74) is -2.10. The lowest BCUT2D eigenvalue weighted by Gasteiger charge is -2.30. The van der Waals surface area contributed by atoms with Crippen LogP contribution in [0.1, 0.15) is 85.5 Å². The molecule has 4 amide bonds. The largest absolute Gasteiger partial charge is 0.444 e. The predicted molar refractivity (Wildman–Crippen MR) is 141 cm³/mol. The highest BCUT2D eigenvalue weighted by atomic mass is 32.2. The van der Waals surface area contributed by atoms with Crippen molar-refractivity contribution in [2.45, 2.75) is 109 Å². The van der Waals surface area contributed by atoms with Crippen molar-refractivity contribution in [1.82, 2.24) is 20.3 Å². The molecule has 3 aliphatic rings. The molecule has 0 radical (unpaired) electrons. The highest BCUT2D eigenvalue weighted by molar-refractivity contribution is 7.90. The van der Waals surface area contributed by atoms with E-state index in [-0.39, 0.29) is 24.0 Å². The smallest absolute Gasteiger partial charge is 0.408 e. The lowest BCUT2D eigenvalue weighted by Crippen LogP contribution is -2.58. The summed E-state index contributed by atoms with van der Waals surface area (Å²) in [5.74, 6) is -2.14. The van der Waals surface area contributed by atoms with Gasteiger partial charge in [0.25, 0.3) is 5.91 Å². The van der Waals surface area contributed by atoms with E-state index in [0.29, 0.717) is 38.6 Å². The molecule has 3 rings (SSSR count). The van der Waals surface area contributed by atoms with Gasteiger partial charge in [-0.05, 0) is 65.7 Å². The maximum absolute atomic E-state index is 13.6. The molecule has 2 fully saturated rings. The number of nitrogens with zero attached hydrogens (tertiary/aromatic N) is 1. The summed E-state index contributed by atoms with van der Waals surface area (Å²) in [7, 11) is -3.82. The van der Waals surface area contributed by atoms with E-state index in [2.05, 4.69) is 15.4 Å². The monoisotopic (exact) mass is 554 g/mol. The van der Waals surface area contributed by atoms with Crippen LogP contribution >= 0.6 is 0 Å². The van der Waals surface area contributed by atoms with Crippen LogP contribution in [0.25, 0.3) is 0 Å². The standard InChI is InChI=1S/C26H42N4O7S/c1-5-16-38(35,36)29-23(33)26-17-18(26)12-9-7-6-8-10-13-19(27-24(34)37-25(2,3)4)22(32)30-15-11-14-20(30)21(31)28-26/h9,12,18-20H,5-8,10-11,13-17H2,1-4H3,(H,27,34)(H,28,31)(H,29,33)/t18-,19+,20+,26-/m1/s1. The van der Waals surface area contributed by atoms with Gasteiger partial charge in [0, 0.05) is 12.5 Å². The molecule has 1 aliphatic carbocycles. The average molecular weight is 555 g/mol. The molecule has 38 heavy (non-hydrogen) atoms. The van der Waals surface area contributed by atoms with Crippen molar-refractivity contribution in [3.63, 3.8) is 0 Å². The highest BCUT2D eigenvalue weighted by Gasteiger charge is 2.61. The Morgan fingerprint density at radius 1 is 1.16 bits per heavy atom. The van der Waals surface area contributed by atoms with Gasteiger partial charge < -0.3 is 20.3 Å². The van der Waals surface area contributed by atoms with E-state index in [0.717, 1.165) is 19.3 Å². The number of fused-ring (bicyclic) bond motifs is 2. The van der Waals surface area contributed by atoms with Gasteiger partial charge in [-0.15, -0.1) is 0 Å². The lowest BCUT2D eigenvalue weighted by molar-refractivity contribution is -0.141. The number of carbonyl (C=O) groups is 4. The molecule has 0 aromatic heterocycles. The molecule has 12 heteroatoms. The van der Waals surface area contributed by atoms with Crippen LogP contribution in [0, 0.1) is 5.92 Å². The van der Waals surface area contributed by atoms with Crippen molar-refractivity contribution in [3.05, 3.63) is 12.2 Å². The first kappa shape index (κ1) is 29.9. The Morgan fingerprint density at radius 2 is 1.89 bits per heavy atom. The topological polar surface area (TPSA) is 151 Å². The molecule has 1 saturated heterocycles. The number of carbonyl (C=O) groups excluding carboxylic acids is 4. The van der Waals surface area contributed by atoms with E-state index in [1.165, 1.54) is 4.90 Å². The van der Waals surface area contributed by atoms with Crippen LogP contribution in [-0.2, 0) is 29.1 Å². The third-order valence-electron chi connectivity index (χ3n) is 7.05. The maximum atomic E-state index is 13.6. The van der Waals surface area contributed by atoms with E-state index < -0.39 is 51.2 Å². The molecule has 0 aromatic rings. The normalized spacial score (nSPS) is 28.7. The minimum absolute atomic E-state index is 0.194. The highest BCUT2D eigenvalue weighted by Crippen LogP contribution is 2.45. The minimum atomic E-state index is -3.82. The zero-order valence-electron chi connectivity index (χ0n) is 22.9. The Hall–Kier alpha value is -2.63. The average Bonchev–Trinajstić information content (AvgIpc) is 3.26. The lowest BCUT2D eigenvalue weighted by atomic mass is 10.0. The van der Waals surface area contributed by atoms with Gasteiger partial charge in [0.2, 0.25) is 21.8 Å². The summed E-state index contributed by atoms with van der Waals surface area (Å²) < 4.78 is 32.1. The van der Waals surface area contributed by atoms with E-state index in [9.17, 15) is 27.6 Å². The van der Waals surface area contributed by atoms with Gasteiger partial charge in [-0.25, -0.2) is 13.2 Å². The van der Waals surface area contributed by atoms with E-state index in [4.69, 9.17) is 4.74 Å². The first-order valence-electron chi connectivity index (χ1n) is 13.6. The van der Waals surface area contributed by atoms with Gasteiger partial charge in [-0.2, -0.15) is 0 Å². The van der Waals surface area contributed by atoms with Gasteiger partial charge in [0.05, 0.1) is 5.75 Å². The fourth-order valence-corrected chi connectivity index (χ4v) is 6.20. The Morgan fingerprint density at radius 3 is 2.58 bits per heavy atom. The summed E-state index contributed by atoms with van der Waals surface area (Å²) in [6.07, 6.45) is 8.30. The van der Waals surface area contributed by atoms with E-state index in [1.54, 1.807) is 27.7 Å². The van der Waals surface area contributed by atoms with Gasteiger partial charge >= 0.3 is 6.09 Å². The second-order valence-electron chi connectivity index (χ2n) is 11.5. The van der Waals surface area contributed by atoms with Crippen LogP contribution in [0.15, 0.2) is 12.2 Å². The number of nitrogens with one attached hydrogen (secondary N) is 3. The summed E-state index contributed by atoms with van der Waals surface area (Å²) in [6.45, 7) is 7.27. The Labute approximate surface area is 225 Å². The summed E-state index contributed by atoms with van der Waals surface area (Å²) in [5, 5.41) is 5.50. The van der Waals surface area contributed by atoms with E-state index >= 15 is 0 Å². The SMILES string of the molecule is CCCS(=O)(=O)NC(=O)[C@@]12C[C@H]1C=CCCCCC[C@H](NC(=O)OC(C)(C)C)C(=O)N1CCC[C@H]1C(=O)N2. The molecule has 0 aromatic carbocycles. The first-order valence-corrected chi connectivity index (χ1v) is 15.3. The minimum Gasteiger partial charge on any atom is -0.444 e. The molecule has 0 spiro atoms. The molecular formula is C26H42N4O7S. The number of allylic oxidation sites excluding steroid dienone is 1. The molecular weight excluding hydrogens is 512 g/mol. The second kappa shape index (κ2) is 12.0.